The molecular weight excluding hydrogens is 325 g/mol. The van der Waals surface area contributed by atoms with Gasteiger partial charge in [0.25, 0.3) is 0 Å². The number of hydrogen-bond acceptors (Lipinski definition) is 4. The van der Waals surface area contributed by atoms with Gasteiger partial charge < -0.3 is 9.47 Å². The lowest BCUT2D eigenvalue weighted by atomic mass is 9.93. The molecule has 1 aliphatic heterocycles. The molecule has 0 saturated carbocycles. The number of rotatable bonds is 5. The molecule has 1 aliphatic rings. The standard InChI is InChI=1S/C15H17Cl2N3O2/c1-11(13-3-2-12(16)6-14(13)17)7-15(21-4-5-22-15)8-20-10-18-9-19-20/h2-3,6,9-11H,4-5,7-8H2,1H3. The van der Waals surface area contributed by atoms with Gasteiger partial charge in [-0.2, -0.15) is 5.10 Å². The zero-order chi connectivity index (χ0) is 15.6. The van der Waals surface area contributed by atoms with Gasteiger partial charge in [-0.1, -0.05) is 36.2 Å². The van der Waals surface area contributed by atoms with E-state index in [2.05, 4.69) is 17.0 Å². The number of hydrogen-bond donors (Lipinski definition) is 0. The Balaban J connectivity index is 1.78. The van der Waals surface area contributed by atoms with Crippen molar-refractivity contribution >= 4 is 23.2 Å². The van der Waals surface area contributed by atoms with Crippen LogP contribution in [0.3, 0.4) is 0 Å². The second-order valence-electron chi connectivity index (χ2n) is 5.47. The Bertz CT molecular complexity index is 628. The Morgan fingerprint density at radius 3 is 2.73 bits per heavy atom. The van der Waals surface area contributed by atoms with Crippen molar-refractivity contribution in [1.82, 2.24) is 14.8 Å². The molecule has 1 saturated heterocycles. The first-order valence-corrected chi connectivity index (χ1v) is 7.89. The molecule has 1 fully saturated rings. The highest BCUT2D eigenvalue weighted by Crippen LogP contribution is 2.36. The molecule has 0 radical (unpaired) electrons. The second-order valence-corrected chi connectivity index (χ2v) is 6.32. The average molecular weight is 342 g/mol. The van der Waals surface area contributed by atoms with Crippen molar-refractivity contribution in [3.63, 3.8) is 0 Å². The van der Waals surface area contributed by atoms with Gasteiger partial charge in [-0.05, 0) is 23.6 Å². The molecule has 3 rings (SSSR count). The molecule has 1 aromatic carbocycles. The normalized spacial score (nSPS) is 18.5. The van der Waals surface area contributed by atoms with Crippen LogP contribution in [-0.2, 0) is 16.0 Å². The molecule has 118 valence electrons. The summed E-state index contributed by atoms with van der Waals surface area (Å²) in [6.45, 7) is 3.76. The SMILES string of the molecule is CC(CC1(Cn2cncn2)OCCO1)c1ccc(Cl)cc1Cl. The minimum atomic E-state index is -0.698. The topological polar surface area (TPSA) is 49.2 Å². The van der Waals surface area contributed by atoms with Gasteiger partial charge in [0.1, 0.15) is 12.7 Å². The van der Waals surface area contributed by atoms with Crippen LogP contribution >= 0.6 is 23.2 Å². The largest absolute Gasteiger partial charge is 0.346 e. The molecule has 0 aliphatic carbocycles. The van der Waals surface area contributed by atoms with E-state index in [0.717, 1.165) is 5.56 Å². The maximum atomic E-state index is 6.30. The predicted octanol–water partition coefficient (Wildman–Crippen LogP) is 3.52. The summed E-state index contributed by atoms with van der Waals surface area (Å²) in [7, 11) is 0. The first-order chi connectivity index (χ1) is 10.6. The van der Waals surface area contributed by atoms with Crippen molar-refractivity contribution in [2.24, 2.45) is 0 Å². The minimum Gasteiger partial charge on any atom is -0.346 e. The first-order valence-electron chi connectivity index (χ1n) is 7.13. The van der Waals surface area contributed by atoms with Gasteiger partial charge in [0.2, 0.25) is 0 Å². The van der Waals surface area contributed by atoms with E-state index in [1.165, 1.54) is 6.33 Å². The third-order valence-corrected chi connectivity index (χ3v) is 4.36. The summed E-state index contributed by atoms with van der Waals surface area (Å²) >= 11 is 12.3. The molecule has 7 heteroatoms. The number of halogens is 2. The summed E-state index contributed by atoms with van der Waals surface area (Å²) < 4.78 is 13.5. The maximum Gasteiger partial charge on any atom is 0.188 e. The van der Waals surface area contributed by atoms with Crippen LogP contribution in [0, 0.1) is 0 Å². The Labute approximate surface area is 139 Å². The molecule has 0 spiro atoms. The van der Waals surface area contributed by atoms with Crippen LogP contribution in [0.4, 0.5) is 0 Å². The summed E-state index contributed by atoms with van der Waals surface area (Å²) in [6.07, 6.45) is 3.84. The Morgan fingerprint density at radius 2 is 2.09 bits per heavy atom. The summed E-state index contributed by atoms with van der Waals surface area (Å²) in [5.74, 6) is -0.540. The molecule has 0 N–H and O–H groups in total. The van der Waals surface area contributed by atoms with Crippen molar-refractivity contribution in [3.8, 4) is 0 Å². The highest BCUT2D eigenvalue weighted by molar-refractivity contribution is 6.35. The van der Waals surface area contributed by atoms with Gasteiger partial charge in [-0.15, -0.1) is 0 Å². The van der Waals surface area contributed by atoms with Gasteiger partial charge in [0.15, 0.2) is 5.79 Å². The van der Waals surface area contributed by atoms with Gasteiger partial charge in [0.05, 0.1) is 19.8 Å². The molecule has 5 nitrogen and oxygen atoms in total. The van der Waals surface area contributed by atoms with Crippen LogP contribution < -0.4 is 0 Å². The number of aromatic nitrogens is 3. The summed E-state index contributed by atoms with van der Waals surface area (Å²) in [4.78, 5) is 3.96. The minimum absolute atomic E-state index is 0.159. The van der Waals surface area contributed by atoms with E-state index < -0.39 is 5.79 Å². The van der Waals surface area contributed by atoms with E-state index >= 15 is 0 Å². The molecule has 22 heavy (non-hydrogen) atoms. The van der Waals surface area contributed by atoms with Crippen molar-refractivity contribution in [2.75, 3.05) is 13.2 Å². The van der Waals surface area contributed by atoms with E-state index in [0.29, 0.717) is 36.2 Å². The van der Waals surface area contributed by atoms with Gasteiger partial charge in [-0.25, -0.2) is 9.67 Å². The monoisotopic (exact) mass is 341 g/mol. The molecule has 1 atom stereocenters. The lowest BCUT2D eigenvalue weighted by Crippen LogP contribution is -2.37. The summed E-state index contributed by atoms with van der Waals surface area (Å²) in [5, 5.41) is 5.43. The van der Waals surface area contributed by atoms with Crippen LogP contribution in [-0.4, -0.2) is 33.8 Å². The number of nitrogens with zero attached hydrogens (tertiary/aromatic N) is 3. The van der Waals surface area contributed by atoms with Crippen LogP contribution in [0.2, 0.25) is 10.0 Å². The number of ether oxygens (including phenoxy) is 2. The molecule has 2 heterocycles. The van der Waals surface area contributed by atoms with Crippen molar-refractivity contribution < 1.29 is 9.47 Å². The molecular formula is C15H17Cl2N3O2. The zero-order valence-corrected chi connectivity index (χ0v) is 13.7. The fraction of sp³-hybridized carbons (Fsp3) is 0.467. The van der Waals surface area contributed by atoms with Crippen molar-refractivity contribution in [3.05, 3.63) is 46.5 Å². The van der Waals surface area contributed by atoms with Crippen LogP contribution in [0.1, 0.15) is 24.8 Å². The predicted molar refractivity (Wildman–Crippen MR) is 84.2 cm³/mol. The van der Waals surface area contributed by atoms with Gasteiger partial charge >= 0.3 is 0 Å². The second kappa shape index (κ2) is 6.54. The van der Waals surface area contributed by atoms with Crippen LogP contribution in [0.5, 0.6) is 0 Å². The third kappa shape index (κ3) is 3.43. The quantitative estimate of drug-likeness (QED) is 0.834. The fourth-order valence-corrected chi connectivity index (χ4v) is 3.40. The molecule has 1 unspecified atom stereocenters. The first kappa shape index (κ1) is 15.7. The number of benzene rings is 1. The van der Waals surface area contributed by atoms with Crippen LogP contribution in [0.25, 0.3) is 0 Å². The third-order valence-electron chi connectivity index (χ3n) is 3.79. The fourth-order valence-electron chi connectivity index (χ4n) is 2.81. The van der Waals surface area contributed by atoms with E-state index in [1.54, 1.807) is 17.1 Å². The molecule has 2 aromatic rings. The molecule has 0 amide bonds. The van der Waals surface area contributed by atoms with Crippen LogP contribution in [0.15, 0.2) is 30.9 Å². The highest BCUT2D eigenvalue weighted by Gasteiger charge is 2.39. The van der Waals surface area contributed by atoms with E-state index in [9.17, 15) is 0 Å². The maximum absolute atomic E-state index is 6.30. The Hall–Kier alpha value is -1.14. The summed E-state index contributed by atoms with van der Waals surface area (Å²) in [5.41, 5.74) is 1.03. The Kier molecular flexibility index (Phi) is 4.68. The zero-order valence-electron chi connectivity index (χ0n) is 12.2. The molecule has 0 bridgehead atoms. The van der Waals surface area contributed by atoms with Gasteiger partial charge in [0, 0.05) is 16.5 Å². The van der Waals surface area contributed by atoms with Crippen molar-refractivity contribution in [1.29, 1.82) is 0 Å². The van der Waals surface area contributed by atoms with Crippen molar-refractivity contribution in [2.45, 2.75) is 31.6 Å². The lowest BCUT2D eigenvalue weighted by molar-refractivity contribution is -0.176. The van der Waals surface area contributed by atoms with E-state index in [4.69, 9.17) is 32.7 Å². The molecule has 1 aromatic heterocycles. The summed E-state index contributed by atoms with van der Waals surface area (Å²) in [6, 6.07) is 5.56. The lowest BCUT2D eigenvalue weighted by Gasteiger charge is -2.30. The highest BCUT2D eigenvalue weighted by atomic mass is 35.5. The average Bonchev–Trinajstić information content (AvgIpc) is 3.11. The van der Waals surface area contributed by atoms with E-state index in [-0.39, 0.29) is 5.92 Å². The van der Waals surface area contributed by atoms with Gasteiger partial charge in [-0.3, -0.25) is 0 Å². The smallest absolute Gasteiger partial charge is 0.188 e. The Morgan fingerprint density at radius 1 is 1.32 bits per heavy atom. The van der Waals surface area contributed by atoms with E-state index in [1.807, 2.05) is 12.1 Å².